The molecule has 0 radical (unpaired) electrons. The van der Waals surface area contributed by atoms with Gasteiger partial charge in [-0.25, -0.2) is 0 Å². The van der Waals surface area contributed by atoms with E-state index >= 15 is 0 Å². The Morgan fingerprint density at radius 3 is 2.58 bits per heavy atom. The molecule has 0 aromatic heterocycles. The second kappa shape index (κ2) is 3.14. The summed E-state index contributed by atoms with van der Waals surface area (Å²) in [5, 5.41) is 0. The van der Waals surface area contributed by atoms with Gasteiger partial charge in [-0.2, -0.15) is 0 Å². The lowest BCUT2D eigenvalue weighted by atomic mass is 10.1. The van der Waals surface area contributed by atoms with E-state index in [-0.39, 0.29) is 0 Å². The lowest BCUT2D eigenvalue weighted by Gasteiger charge is -1.92. The summed E-state index contributed by atoms with van der Waals surface area (Å²) in [6.45, 7) is 2.29. The van der Waals surface area contributed by atoms with E-state index in [1.165, 1.54) is 12.0 Å². The van der Waals surface area contributed by atoms with Crippen LogP contribution in [-0.4, -0.2) is 0 Å². The van der Waals surface area contributed by atoms with Crippen LogP contribution in [0.5, 0.6) is 0 Å². The van der Waals surface area contributed by atoms with Gasteiger partial charge in [-0.1, -0.05) is 48.9 Å². The molecule has 1 saturated carbocycles. The van der Waals surface area contributed by atoms with Crippen LogP contribution in [0.2, 0.25) is 0 Å². The quantitative estimate of drug-likeness (QED) is 0.580. The highest BCUT2D eigenvalue weighted by Crippen LogP contribution is 2.36. The molecule has 0 heteroatoms. The summed E-state index contributed by atoms with van der Waals surface area (Å²) in [5.41, 5.74) is 3.06. The molecule has 62 valence electrons. The zero-order valence-corrected chi connectivity index (χ0v) is 7.46. The molecule has 0 heterocycles. The van der Waals surface area contributed by atoms with E-state index in [1.807, 2.05) is 0 Å². The van der Waals surface area contributed by atoms with Gasteiger partial charge in [0.25, 0.3) is 0 Å². The van der Waals surface area contributed by atoms with Crippen molar-refractivity contribution in [1.29, 1.82) is 0 Å². The topological polar surface area (TPSA) is 0 Å². The molecule has 0 amide bonds. The van der Waals surface area contributed by atoms with Crippen molar-refractivity contribution >= 4 is 0 Å². The van der Waals surface area contributed by atoms with Crippen molar-refractivity contribution < 1.29 is 0 Å². The fraction of sp³-hybridized carbons (Fsp3) is 0.333. The summed E-state index contributed by atoms with van der Waals surface area (Å²) in [7, 11) is 0. The lowest BCUT2D eigenvalue weighted by Crippen LogP contribution is -1.77. The molecule has 1 aliphatic carbocycles. The van der Waals surface area contributed by atoms with Gasteiger partial charge in [-0.05, 0) is 24.3 Å². The molecule has 1 fully saturated rings. The molecular formula is C12H14. The average Bonchev–Trinajstić information content (AvgIpc) is 2.81. The molecular weight excluding hydrogens is 144 g/mol. The van der Waals surface area contributed by atoms with Crippen LogP contribution >= 0.6 is 0 Å². The van der Waals surface area contributed by atoms with Crippen LogP contribution < -0.4 is 0 Å². The van der Waals surface area contributed by atoms with Gasteiger partial charge < -0.3 is 0 Å². The Hall–Kier alpha value is -1.04. The first-order valence-corrected chi connectivity index (χ1v) is 4.59. The van der Waals surface area contributed by atoms with Gasteiger partial charge in [0.15, 0.2) is 0 Å². The van der Waals surface area contributed by atoms with Crippen LogP contribution in [0.1, 0.15) is 18.9 Å². The number of rotatable bonds is 2. The van der Waals surface area contributed by atoms with Crippen molar-refractivity contribution in [3.05, 3.63) is 47.5 Å². The Bertz CT molecular complexity index is 282. The van der Waals surface area contributed by atoms with E-state index in [2.05, 4.69) is 43.3 Å². The van der Waals surface area contributed by atoms with Gasteiger partial charge >= 0.3 is 0 Å². The zero-order chi connectivity index (χ0) is 8.39. The molecule has 1 aromatic carbocycles. The smallest absolute Gasteiger partial charge is 0.00947 e. The van der Waals surface area contributed by atoms with Gasteiger partial charge in [0, 0.05) is 0 Å². The Morgan fingerprint density at radius 2 is 2.00 bits per heavy atom. The molecule has 1 aliphatic rings. The molecule has 0 nitrogen and oxygen atoms in total. The van der Waals surface area contributed by atoms with Crippen LogP contribution in [0.15, 0.2) is 42.0 Å². The van der Waals surface area contributed by atoms with Crippen LogP contribution in [0.25, 0.3) is 0 Å². The maximum atomic E-state index is 2.38. The third-order valence-electron chi connectivity index (χ3n) is 2.46. The molecule has 0 spiro atoms. The van der Waals surface area contributed by atoms with Crippen LogP contribution in [0, 0.1) is 5.92 Å². The van der Waals surface area contributed by atoms with Gasteiger partial charge in [0.1, 0.15) is 0 Å². The van der Waals surface area contributed by atoms with E-state index < -0.39 is 0 Å². The zero-order valence-electron chi connectivity index (χ0n) is 7.46. The maximum absolute atomic E-state index is 2.38. The monoisotopic (exact) mass is 158 g/mol. The van der Waals surface area contributed by atoms with E-state index in [9.17, 15) is 0 Å². The normalized spacial score (nSPS) is 24.4. The lowest BCUT2D eigenvalue weighted by molar-refractivity contribution is 1.02. The van der Waals surface area contributed by atoms with Crippen molar-refractivity contribution in [1.82, 2.24) is 0 Å². The Kier molecular flexibility index (Phi) is 1.99. The molecule has 0 saturated heterocycles. The first-order chi connectivity index (χ1) is 5.86. The molecule has 0 N–H and O–H groups in total. The summed E-state index contributed by atoms with van der Waals surface area (Å²) >= 11 is 0. The molecule has 1 aromatic rings. The fourth-order valence-corrected chi connectivity index (χ4v) is 1.44. The molecule has 0 aliphatic heterocycles. The standard InChI is InChI=1S/C12H14/c1-10-9-12(10)8-7-11-5-3-2-4-6-11/h2-6,8,10H,7,9H2,1H3/b12-8+. The average molecular weight is 158 g/mol. The largest absolute Gasteiger partial charge is 0.0806 e. The van der Waals surface area contributed by atoms with E-state index in [4.69, 9.17) is 0 Å². The van der Waals surface area contributed by atoms with E-state index in [1.54, 1.807) is 5.57 Å². The van der Waals surface area contributed by atoms with Gasteiger partial charge in [0.05, 0.1) is 0 Å². The molecule has 0 bridgehead atoms. The fourth-order valence-electron chi connectivity index (χ4n) is 1.44. The minimum atomic E-state index is 0.869. The first-order valence-electron chi connectivity index (χ1n) is 4.59. The molecule has 1 unspecified atom stereocenters. The Labute approximate surface area is 73.9 Å². The van der Waals surface area contributed by atoms with E-state index in [0.29, 0.717) is 0 Å². The van der Waals surface area contributed by atoms with Crippen molar-refractivity contribution in [2.45, 2.75) is 19.8 Å². The van der Waals surface area contributed by atoms with Crippen molar-refractivity contribution in [3.63, 3.8) is 0 Å². The van der Waals surface area contributed by atoms with Crippen molar-refractivity contribution in [2.75, 3.05) is 0 Å². The second-order valence-electron chi connectivity index (χ2n) is 3.57. The van der Waals surface area contributed by atoms with Crippen LogP contribution in [-0.2, 0) is 6.42 Å². The van der Waals surface area contributed by atoms with Crippen LogP contribution in [0.3, 0.4) is 0 Å². The number of benzene rings is 1. The maximum Gasteiger partial charge on any atom is -0.00947 e. The third-order valence-corrected chi connectivity index (χ3v) is 2.46. The molecule has 1 atom stereocenters. The molecule has 12 heavy (non-hydrogen) atoms. The van der Waals surface area contributed by atoms with Gasteiger partial charge in [-0.15, -0.1) is 0 Å². The SMILES string of the molecule is CC1C/C1=C\Cc1ccccc1. The highest BCUT2D eigenvalue weighted by Gasteiger charge is 2.22. The van der Waals surface area contributed by atoms with Gasteiger partial charge in [-0.3, -0.25) is 0 Å². The number of hydrogen-bond acceptors (Lipinski definition) is 0. The Balaban J connectivity index is 1.97. The summed E-state index contributed by atoms with van der Waals surface area (Å²) in [6, 6.07) is 10.6. The summed E-state index contributed by atoms with van der Waals surface area (Å²) in [4.78, 5) is 0. The highest BCUT2D eigenvalue weighted by atomic mass is 14.3. The minimum Gasteiger partial charge on any atom is -0.0806 e. The summed E-state index contributed by atoms with van der Waals surface area (Å²) < 4.78 is 0. The number of hydrogen-bond donors (Lipinski definition) is 0. The predicted octanol–water partition coefficient (Wildman–Crippen LogP) is 3.20. The third kappa shape index (κ3) is 1.76. The predicted molar refractivity (Wildman–Crippen MR) is 52.0 cm³/mol. The van der Waals surface area contributed by atoms with E-state index in [0.717, 1.165) is 12.3 Å². The van der Waals surface area contributed by atoms with Crippen LogP contribution in [0.4, 0.5) is 0 Å². The number of allylic oxidation sites excluding steroid dienone is 2. The summed E-state index contributed by atoms with van der Waals surface area (Å²) in [6.07, 6.45) is 4.81. The summed E-state index contributed by atoms with van der Waals surface area (Å²) in [5.74, 6) is 0.869. The first kappa shape index (κ1) is 7.60. The highest BCUT2D eigenvalue weighted by molar-refractivity contribution is 5.26. The Morgan fingerprint density at radius 1 is 1.33 bits per heavy atom. The second-order valence-corrected chi connectivity index (χ2v) is 3.57. The minimum absolute atomic E-state index is 0.869. The van der Waals surface area contributed by atoms with Gasteiger partial charge in [0.2, 0.25) is 0 Å². The van der Waals surface area contributed by atoms with Crippen molar-refractivity contribution in [2.24, 2.45) is 5.92 Å². The molecule has 2 rings (SSSR count). The van der Waals surface area contributed by atoms with Crippen molar-refractivity contribution in [3.8, 4) is 0 Å².